The number of aromatic nitrogens is 2. The molecule has 0 saturated heterocycles. The van der Waals surface area contributed by atoms with Crippen molar-refractivity contribution in [3.8, 4) is 0 Å². The van der Waals surface area contributed by atoms with E-state index < -0.39 is 0 Å². The van der Waals surface area contributed by atoms with E-state index in [4.69, 9.17) is 9.25 Å². The van der Waals surface area contributed by atoms with E-state index in [1.165, 1.54) is 6.33 Å². The lowest BCUT2D eigenvalue weighted by molar-refractivity contribution is -0.110. The van der Waals surface area contributed by atoms with Crippen LogP contribution in [0, 0.1) is 13.8 Å². The van der Waals surface area contributed by atoms with E-state index in [2.05, 4.69) is 20.4 Å². The Kier molecular flexibility index (Phi) is 3.68. The number of fused-ring (bicyclic) bond motifs is 1. The molecule has 1 aliphatic rings. The van der Waals surface area contributed by atoms with Gasteiger partial charge in [-0.1, -0.05) is 35.5 Å². The van der Waals surface area contributed by atoms with Crippen molar-refractivity contribution >= 4 is 28.5 Å². The highest BCUT2D eigenvalue weighted by atomic mass is 16.6. The minimum absolute atomic E-state index is 0.245. The summed E-state index contributed by atoms with van der Waals surface area (Å²) < 4.78 is 5.56. The van der Waals surface area contributed by atoms with Gasteiger partial charge in [-0.25, -0.2) is 9.97 Å². The van der Waals surface area contributed by atoms with Crippen molar-refractivity contribution in [3.63, 3.8) is 0 Å². The zero-order chi connectivity index (χ0) is 17.4. The second kappa shape index (κ2) is 6.01. The Hall–Kier alpha value is -3.22. The molecule has 0 unspecified atom stereocenters. The van der Waals surface area contributed by atoms with Crippen LogP contribution in [-0.2, 0) is 9.63 Å². The normalized spacial score (nSPS) is 16.6. The predicted molar refractivity (Wildman–Crippen MR) is 92.2 cm³/mol. The highest BCUT2D eigenvalue weighted by molar-refractivity contribution is 6.43. The predicted octanol–water partition coefficient (Wildman–Crippen LogP) is 3.30. The third-order valence-electron chi connectivity index (χ3n) is 4.30. The van der Waals surface area contributed by atoms with Crippen molar-refractivity contribution in [1.29, 1.82) is 0 Å². The molecule has 0 spiro atoms. The van der Waals surface area contributed by atoms with Gasteiger partial charge in [-0.2, -0.15) is 0 Å². The van der Waals surface area contributed by atoms with Crippen LogP contribution in [0.15, 0.2) is 46.2 Å². The van der Waals surface area contributed by atoms with Crippen LogP contribution in [0.1, 0.15) is 29.4 Å². The Morgan fingerprint density at radius 1 is 1.20 bits per heavy atom. The van der Waals surface area contributed by atoms with Crippen molar-refractivity contribution in [2.24, 2.45) is 5.16 Å². The number of aryl methyl sites for hydroxylation is 2. The Morgan fingerprint density at radius 3 is 2.80 bits per heavy atom. The lowest BCUT2D eigenvalue weighted by atomic mass is 10.0. The van der Waals surface area contributed by atoms with E-state index in [0.29, 0.717) is 29.1 Å². The largest absolute Gasteiger partial charge is 0.443 e. The lowest BCUT2D eigenvalue weighted by Crippen LogP contribution is -2.22. The number of rotatable bonds is 3. The molecule has 3 aromatic rings. The molecule has 2 aromatic heterocycles. The number of nitrogens with zero attached hydrogens (tertiary/aromatic N) is 3. The number of benzene rings is 1. The van der Waals surface area contributed by atoms with Crippen LogP contribution in [-0.4, -0.2) is 21.6 Å². The van der Waals surface area contributed by atoms with Crippen molar-refractivity contribution in [3.05, 3.63) is 53.5 Å². The van der Waals surface area contributed by atoms with Gasteiger partial charge in [-0.15, -0.1) is 0 Å². The number of nitrogens with one attached hydrogen (secondary N) is 1. The fraction of sp³-hybridized carbons (Fsp3) is 0.222. The molecule has 1 atom stereocenters. The highest BCUT2D eigenvalue weighted by Gasteiger charge is 2.28. The summed E-state index contributed by atoms with van der Waals surface area (Å²) in [7, 11) is 0. The number of hydrogen-bond donors (Lipinski definition) is 1. The number of anilines is 1. The second-order valence-electron chi connectivity index (χ2n) is 5.89. The van der Waals surface area contributed by atoms with Crippen LogP contribution in [0.2, 0.25) is 0 Å². The van der Waals surface area contributed by atoms with Gasteiger partial charge in [0.15, 0.2) is 6.10 Å². The van der Waals surface area contributed by atoms with E-state index in [-0.39, 0.29) is 12.0 Å². The Morgan fingerprint density at radius 2 is 2.00 bits per heavy atom. The molecule has 0 bridgehead atoms. The smallest absolute Gasteiger partial charge is 0.274 e. The van der Waals surface area contributed by atoms with Gasteiger partial charge in [0.25, 0.3) is 5.91 Å². The molecule has 1 N–H and O–H groups in total. The average Bonchev–Trinajstić information content (AvgIpc) is 3.22. The molecule has 0 radical (unpaired) electrons. The lowest BCUT2D eigenvalue weighted by Gasteiger charge is -2.07. The van der Waals surface area contributed by atoms with Gasteiger partial charge < -0.3 is 14.6 Å². The van der Waals surface area contributed by atoms with Gasteiger partial charge >= 0.3 is 0 Å². The quantitative estimate of drug-likeness (QED) is 0.792. The van der Waals surface area contributed by atoms with Crippen LogP contribution in [0.25, 0.3) is 11.1 Å². The Bertz CT molecular complexity index is 979. The molecule has 1 aromatic carbocycles. The topological polar surface area (TPSA) is 89.6 Å². The summed E-state index contributed by atoms with van der Waals surface area (Å²) in [5.74, 6) is 0.823. The molecule has 126 valence electrons. The summed E-state index contributed by atoms with van der Waals surface area (Å²) in [6, 6.07) is 9.69. The SMILES string of the molecule is Cc1oc2ncnc(NC(=O)C3=NO[C@H](c4ccccc4)C3)c2c1C. The third-order valence-corrected chi connectivity index (χ3v) is 4.30. The standard InChI is InChI=1S/C18H16N4O3/c1-10-11(2)24-18-15(10)16(19-9-20-18)21-17(23)13-8-14(25-22-13)12-6-4-3-5-7-12/h3-7,9,14H,8H2,1-2H3,(H,19,20,21,23)/t14-/m0/s1. The van der Waals surface area contributed by atoms with E-state index in [0.717, 1.165) is 16.9 Å². The second-order valence-corrected chi connectivity index (χ2v) is 5.89. The van der Waals surface area contributed by atoms with Crippen LogP contribution in [0.5, 0.6) is 0 Å². The van der Waals surface area contributed by atoms with Gasteiger partial charge in [0, 0.05) is 12.0 Å². The molecule has 0 aliphatic carbocycles. The fourth-order valence-corrected chi connectivity index (χ4v) is 2.81. The number of carbonyl (C=O) groups excluding carboxylic acids is 1. The molecule has 0 fully saturated rings. The summed E-state index contributed by atoms with van der Waals surface area (Å²) in [5, 5.41) is 7.43. The number of hydrogen-bond acceptors (Lipinski definition) is 6. The Balaban J connectivity index is 1.54. The average molecular weight is 336 g/mol. The monoisotopic (exact) mass is 336 g/mol. The third kappa shape index (κ3) is 2.73. The number of furan rings is 1. The van der Waals surface area contributed by atoms with Crippen molar-refractivity contribution in [1.82, 2.24) is 9.97 Å². The van der Waals surface area contributed by atoms with Gasteiger partial charge in [-0.05, 0) is 19.4 Å². The van der Waals surface area contributed by atoms with Gasteiger partial charge in [-0.3, -0.25) is 4.79 Å². The molecule has 0 saturated carbocycles. The molecule has 7 heteroatoms. The highest BCUT2D eigenvalue weighted by Crippen LogP contribution is 2.30. The molecule has 3 heterocycles. The Labute approximate surface area is 143 Å². The molecular weight excluding hydrogens is 320 g/mol. The molecule has 7 nitrogen and oxygen atoms in total. The number of oxime groups is 1. The molecular formula is C18H16N4O3. The molecule has 1 aliphatic heterocycles. The van der Waals surface area contributed by atoms with Gasteiger partial charge in [0.2, 0.25) is 5.71 Å². The zero-order valence-electron chi connectivity index (χ0n) is 13.8. The maximum Gasteiger partial charge on any atom is 0.274 e. The fourth-order valence-electron chi connectivity index (χ4n) is 2.81. The zero-order valence-corrected chi connectivity index (χ0v) is 13.8. The summed E-state index contributed by atoms with van der Waals surface area (Å²) in [6.45, 7) is 3.75. The summed E-state index contributed by atoms with van der Waals surface area (Å²) in [5.41, 5.74) is 2.67. The maximum absolute atomic E-state index is 12.5. The number of amides is 1. The van der Waals surface area contributed by atoms with E-state index in [1.54, 1.807) is 0 Å². The minimum atomic E-state index is -0.336. The molecule has 25 heavy (non-hydrogen) atoms. The summed E-state index contributed by atoms with van der Waals surface area (Å²) >= 11 is 0. The summed E-state index contributed by atoms with van der Waals surface area (Å²) in [6.07, 6.45) is 1.53. The first-order valence-corrected chi connectivity index (χ1v) is 7.93. The van der Waals surface area contributed by atoms with E-state index in [9.17, 15) is 4.79 Å². The summed E-state index contributed by atoms with van der Waals surface area (Å²) in [4.78, 5) is 26.2. The first kappa shape index (κ1) is 15.3. The van der Waals surface area contributed by atoms with Crippen molar-refractivity contribution in [2.75, 3.05) is 5.32 Å². The van der Waals surface area contributed by atoms with Crippen LogP contribution in [0.3, 0.4) is 0 Å². The first-order chi connectivity index (χ1) is 12.1. The van der Waals surface area contributed by atoms with Gasteiger partial charge in [0.05, 0.1) is 5.39 Å². The maximum atomic E-state index is 12.5. The first-order valence-electron chi connectivity index (χ1n) is 7.93. The number of carbonyl (C=O) groups is 1. The van der Waals surface area contributed by atoms with Crippen LogP contribution < -0.4 is 5.32 Å². The van der Waals surface area contributed by atoms with Crippen molar-refractivity contribution < 1.29 is 14.0 Å². The van der Waals surface area contributed by atoms with Gasteiger partial charge in [0.1, 0.15) is 23.6 Å². The van der Waals surface area contributed by atoms with E-state index >= 15 is 0 Å². The van der Waals surface area contributed by atoms with E-state index in [1.807, 2.05) is 44.2 Å². The van der Waals surface area contributed by atoms with Crippen molar-refractivity contribution in [2.45, 2.75) is 26.4 Å². The molecule has 4 rings (SSSR count). The minimum Gasteiger partial charge on any atom is -0.443 e. The van der Waals surface area contributed by atoms with Crippen LogP contribution in [0.4, 0.5) is 5.82 Å². The van der Waals surface area contributed by atoms with Crippen LogP contribution >= 0.6 is 0 Å². The molecule has 1 amide bonds.